The van der Waals surface area contributed by atoms with Crippen molar-refractivity contribution < 1.29 is 57.9 Å². The Bertz CT molecular complexity index is 1590. The van der Waals surface area contributed by atoms with Gasteiger partial charge in [0.05, 0.1) is 0 Å². The van der Waals surface area contributed by atoms with Gasteiger partial charge in [-0.3, -0.25) is 0 Å². The zero-order chi connectivity index (χ0) is 28.2. The number of halogens is 10. The molecule has 4 aromatic rings. The van der Waals surface area contributed by atoms with Gasteiger partial charge >= 0.3 is 7.32 Å². The fourth-order valence-electron chi connectivity index (χ4n) is 4.00. The third-order valence-electron chi connectivity index (χ3n) is 5.76. The molecule has 0 spiro atoms. The van der Waals surface area contributed by atoms with Crippen LogP contribution in [0.4, 0.5) is 43.9 Å². The molecule has 0 atom stereocenters. The van der Waals surface area contributed by atoms with Gasteiger partial charge in [0.25, 0.3) is 0 Å². The highest BCUT2D eigenvalue weighted by atomic mass is 19.2. The van der Waals surface area contributed by atoms with E-state index in [0.29, 0.717) is 24.3 Å². The Kier molecular flexibility index (Phi) is 6.56. The first-order valence-electron chi connectivity index (χ1n) is 10.7. The van der Waals surface area contributed by atoms with E-state index in [-0.39, 0.29) is 5.56 Å². The number of hydrogen-bond acceptors (Lipinski definition) is 3. The van der Waals surface area contributed by atoms with Crippen molar-refractivity contribution in [1.29, 1.82) is 0 Å². The molecule has 4 aromatic carbocycles. The van der Waals surface area contributed by atoms with E-state index in [9.17, 15) is 43.9 Å². The van der Waals surface area contributed by atoms with Crippen LogP contribution in [-0.2, 0) is 6.42 Å². The molecule has 200 valence electrons. The second-order valence-corrected chi connectivity index (χ2v) is 8.06. The highest BCUT2D eigenvalue weighted by Crippen LogP contribution is 2.46. The summed E-state index contributed by atoms with van der Waals surface area (Å²) in [7, 11) is -2.64. The summed E-state index contributed by atoms with van der Waals surface area (Å²) in [5.41, 5.74) is -1.52. The Labute approximate surface area is 212 Å². The summed E-state index contributed by atoms with van der Waals surface area (Å²) < 4.78 is 157. The van der Waals surface area contributed by atoms with E-state index in [2.05, 4.69) is 0 Å². The van der Waals surface area contributed by atoms with Gasteiger partial charge in [-0.1, -0.05) is 12.1 Å². The predicted molar refractivity (Wildman–Crippen MR) is 115 cm³/mol. The molecule has 14 heteroatoms. The SMILES string of the molecule is Fc1ccc(OB(Oc2ccc(F)c(F)c2F)Oc2c(F)c(F)c(F)c3c2Cc2cccc(F)c2-3)c(F)c1F. The summed E-state index contributed by atoms with van der Waals surface area (Å²) in [6.45, 7) is 0. The van der Waals surface area contributed by atoms with Crippen LogP contribution in [0, 0.1) is 58.2 Å². The van der Waals surface area contributed by atoms with Crippen molar-refractivity contribution in [2.75, 3.05) is 0 Å². The molecular weight excluding hydrogens is 549 g/mol. The van der Waals surface area contributed by atoms with Crippen LogP contribution in [0.25, 0.3) is 11.1 Å². The van der Waals surface area contributed by atoms with Crippen molar-refractivity contribution in [2.45, 2.75) is 6.42 Å². The average Bonchev–Trinajstić information content (AvgIpc) is 3.31. The maximum absolute atomic E-state index is 15.0. The lowest BCUT2D eigenvalue weighted by atomic mass is 10.0. The Morgan fingerprint density at radius 1 is 0.487 bits per heavy atom. The normalized spacial score (nSPS) is 11.7. The fourth-order valence-corrected chi connectivity index (χ4v) is 4.00. The fraction of sp³-hybridized carbons (Fsp3) is 0.0400. The minimum atomic E-state index is -2.64. The number of hydrogen-bond donors (Lipinski definition) is 0. The minimum Gasteiger partial charge on any atom is -0.487 e. The van der Waals surface area contributed by atoms with Gasteiger partial charge in [-0.15, -0.1) is 0 Å². The smallest absolute Gasteiger partial charge is 0.487 e. The molecule has 0 aliphatic heterocycles. The molecule has 0 fully saturated rings. The van der Waals surface area contributed by atoms with Gasteiger partial charge in [0.1, 0.15) is 23.1 Å². The van der Waals surface area contributed by atoms with Gasteiger partial charge in [-0.05, 0) is 35.9 Å². The van der Waals surface area contributed by atoms with Gasteiger partial charge in [0.2, 0.25) is 17.5 Å². The van der Waals surface area contributed by atoms with Gasteiger partial charge in [-0.25, -0.2) is 30.7 Å². The largest absolute Gasteiger partial charge is 0.864 e. The van der Waals surface area contributed by atoms with Crippen LogP contribution < -0.4 is 14.0 Å². The summed E-state index contributed by atoms with van der Waals surface area (Å²) in [5.74, 6) is -21.6. The predicted octanol–water partition coefficient (Wildman–Crippen LogP) is 7.17. The first-order valence-corrected chi connectivity index (χ1v) is 10.7. The first-order chi connectivity index (χ1) is 18.5. The van der Waals surface area contributed by atoms with Crippen molar-refractivity contribution in [2.24, 2.45) is 0 Å². The van der Waals surface area contributed by atoms with Crippen LogP contribution in [0.15, 0.2) is 42.5 Å². The van der Waals surface area contributed by atoms with E-state index in [4.69, 9.17) is 14.0 Å². The van der Waals surface area contributed by atoms with E-state index in [1.165, 1.54) is 12.1 Å². The number of benzene rings is 4. The second-order valence-electron chi connectivity index (χ2n) is 8.06. The molecule has 0 radical (unpaired) electrons. The highest BCUT2D eigenvalue weighted by molar-refractivity contribution is 6.39. The zero-order valence-electron chi connectivity index (χ0n) is 18.8. The monoisotopic (exact) mass is 558 g/mol. The topological polar surface area (TPSA) is 27.7 Å². The molecule has 1 aliphatic rings. The first kappa shape index (κ1) is 26.3. The standard InChI is InChI=1S/C25H9BF10O3/c27-11-3-1-2-9-8-10-17(16(9)11)22(34)23(35)24(36)25(10)39-26(37-14-6-4-12(28)18(30)20(14)32)38-15-7-5-13(29)19(31)21(15)33/h1-7H,8H2. The van der Waals surface area contributed by atoms with Crippen LogP contribution in [0.2, 0.25) is 0 Å². The molecule has 0 heterocycles. The van der Waals surface area contributed by atoms with E-state index < -0.39 is 106 Å². The molecule has 1 aliphatic carbocycles. The molecule has 0 saturated heterocycles. The van der Waals surface area contributed by atoms with Gasteiger partial charge in [0, 0.05) is 23.1 Å². The number of rotatable bonds is 6. The molecule has 0 amide bonds. The Morgan fingerprint density at radius 2 is 1.05 bits per heavy atom. The van der Waals surface area contributed by atoms with Crippen LogP contribution in [0.1, 0.15) is 11.1 Å². The van der Waals surface area contributed by atoms with E-state index in [0.717, 1.165) is 6.07 Å². The maximum atomic E-state index is 15.0. The summed E-state index contributed by atoms with van der Waals surface area (Å²) in [5, 5.41) is 0. The lowest BCUT2D eigenvalue weighted by Gasteiger charge is -2.20. The highest BCUT2D eigenvalue weighted by Gasteiger charge is 2.40. The van der Waals surface area contributed by atoms with E-state index in [1.54, 1.807) is 0 Å². The van der Waals surface area contributed by atoms with Crippen LogP contribution in [0.3, 0.4) is 0 Å². The number of fused-ring (bicyclic) bond motifs is 3. The molecule has 5 rings (SSSR count). The zero-order valence-corrected chi connectivity index (χ0v) is 18.8. The molecule has 39 heavy (non-hydrogen) atoms. The lowest BCUT2D eigenvalue weighted by molar-refractivity contribution is 0.277. The molecule has 0 unspecified atom stereocenters. The van der Waals surface area contributed by atoms with Crippen LogP contribution in [0.5, 0.6) is 17.2 Å². The third-order valence-corrected chi connectivity index (χ3v) is 5.76. The van der Waals surface area contributed by atoms with E-state index >= 15 is 0 Å². The molecule has 0 aromatic heterocycles. The lowest BCUT2D eigenvalue weighted by Crippen LogP contribution is -2.38. The molecule has 0 saturated carbocycles. The van der Waals surface area contributed by atoms with Gasteiger partial charge in [-0.2, -0.15) is 13.2 Å². The maximum Gasteiger partial charge on any atom is 0.864 e. The van der Waals surface area contributed by atoms with Crippen molar-refractivity contribution in [1.82, 2.24) is 0 Å². The quantitative estimate of drug-likeness (QED) is 0.126. The van der Waals surface area contributed by atoms with Crippen molar-refractivity contribution in [3.63, 3.8) is 0 Å². The Morgan fingerprint density at radius 3 is 1.62 bits per heavy atom. The summed E-state index contributed by atoms with van der Waals surface area (Å²) in [6, 6.07) is 5.35. The van der Waals surface area contributed by atoms with Crippen molar-refractivity contribution in [3.05, 3.63) is 112 Å². The molecule has 0 N–H and O–H groups in total. The van der Waals surface area contributed by atoms with Crippen molar-refractivity contribution >= 4 is 7.32 Å². The van der Waals surface area contributed by atoms with Crippen molar-refractivity contribution in [3.8, 4) is 28.4 Å². The summed E-state index contributed by atoms with van der Waals surface area (Å²) in [6.07, 6.45) is -0.419. The average molecular weight is 558 g/mol. The second kappa shape index (κ2) is 9.75. The van der Waals surface area contributed by atoms with Crippen LogP contribution >= 0.6 is 0 Å². The van der Waals surface area contributed by atoms with Crippen LogP contribution in [-0.4, -0.2) is 7.32 Å². The van der Waals surface area contributed by atoms with E-state index in [1.807, 2.05) is 0 Å². The molecule has 3 nitrogen and oxygen atoms in total. The van der Waals surface area contributed by atoms with Gasteiger partial charge < -0.3 is 14.0 Å². The Balaban J connectivity index is 1.62. The molecule has 0 bridgehead atoms. The van der Waals surface area contributed by atoms with Gasteiger partial charge in [0.15, 0.2) is 34.9 Å². The molecular formula is C25H9BF10O3. The Hall–Kier alpha value is -4.36. The third kappa shape index (κ3) is 4.39. The minimum absolute atomic E-state index is 0.0930. The summed E-state index contributed by atoms with van der Waals surface area (Å²) >= 11 is 0. The summed E-state index contributed by atoms with van der Waals surface area (Å²) in [4.78, 5) is 0.